The van der Waals surface area contributed by atoms with E-state index in [4.69, 9.17) is 16.7 Å². The first-order chi connectivity index (χ1) is 6.93. The molecular formula is C11H9ClO3. The van der Waals surface area contributed by atoms with Crippen LogP contribution < -0.4 is 0 Å². The number of carboxylic acids is 1. The third-order valence-electron chi connectivity index (χ3n) is 1.95. The molecule has 1 aromatic carbocycles. The first-order valence-corrected chi connectivity index (χ1v) is 4.54. The molecular weight excluding hydrogens is 216 g/mol. The zero-order valence-corrected chi connectivity index (χ0v) is 8.84. The molecule has 3 nitrogen and oxygen atoms in total. The average molecular weight is 225 g/mol. The first-order valence-electron chi connectivity index (χ1n) is 4.16. The number of aliphatic carboxylic acids is 1. The summed E-state index contributed by atoms with van der Waals surface area (Å²) in [6.07, 6.45) is 0. The number of hydrogen-bond donors (Lipinski definition) is 1. The second-order valence-corrected chi connectivity index (χ2v) is 3.48. The number of ketones is 1. The third kappa shape index (κ3) is 2.44. The normalized spacial score (nSPS) is 9.73. The van der Waals surface area contributed by atoms with Crippen LogP contribution in [0.1, 0.15) is 15.9 Å². The zero-order valence-electron chi connectivity index (χ0n) is 8.08. The Morgan fingerprint density at radius 2 is 2.00 bits per heavy atom. The summed E-state index contributed by atoms with van der Waals surface area (Å²) in [7, 11) is 0. The van der Waals surface area contributed by atoms with Crippen molar-refractivity contribution in [2.45, 2.75) is 6.92 Å². The Kier molecular flexibility index (Phi) is 3.27. The van der Waals surface area contributed by atoms with Crippen molar-refractivity contribution in [1.82, 2.24) is 0 Å². The van der Waals surface area contributed by atoms with Crippen molar-refractivity contribution in [1.29, 1.82) is 0 Å². The zero-order chi connectivity index (χ0) is 11.6. The van der Waals surface area contributed by atoms with E-state index in [-0.39, 0.29) is 5.56 Å². The first kappa shape index (κ1) is 11.5. The predicted octanol–water partition coefficient (Wildman–Crippen LogP) is 2.47. The van der Waals surface area contributed by atoms with Gasteiger partial charge in [-0.3, -0.25) is 4.79 Å². The fourth-order valence-electron chi connectivity index (χ4n) is 1.06. The predicted molar refractivity (Wildman–Crippen MR) is 57.3 cm³/mol. The summed E-state index contributed by atoms with van der Waals surface area (Å²) in [6, 6.07) is 4.57. The molecule has 0 radical (unpaired) electrons. The van der Waals surface area contributed by atoms with E-state index in [9.17, 15) is 9.59 Å². The maximum Gasteiger partial charge on any atom is 0.339 e. The molecule has 0 atom stereocenters. The van der Waals surface area contributed by atoms with Crippen molar-refractivity contribution >= 4 is 23.4 Å². The van der Waals surface area contributed by atoms with Crippen molar-refractivity contribution in [2.24, 2.45) is 0 Å². The number of Topliss-reactive ketones (excluding diaryl/α,β-unsaturated/α-hetero) is 1. The van der Waals surface area contributed by atoms with Crippen LogP contribution in [0.5, 0.6) is 0 Å². The van der Waals surface area contributed by atoms with Gasteiger partial charge in [0.2, 0.25) is 0 Å². The van der Waals surface area contributed by atoms with Gasteiger partial charge in [-0.05, 0) is 30.7 Å². The van der Waals surface area contributed by atoms with Crippen molar-refractivity contribution in [3.63, 3.8) is 0 Å². The number of carbonyl (C=O) groups is 2. The summed E-state index contributed by atoms with van der Waals surface area (Å²) in [4.78, 5) is 22.0. The lowest BCUT2D eigenvalue weighted by atomic mass is 10.0. The molecule has 0 saturated heterocycles. The fourth-order valence-corrected chi connectivity index (χ4v) is 1.17. The van der Waals surface area contributed by atoms with E-state index in [0.29, 0.717) is 5.02 Å². The van der Waals surface area contributed by atoms with Crippen LogP contribution in [-0.2, 0) is 4.79 Å². The standard InChI is InChI=1S/C11H9ClO3/c1-6-5-8(3-4-9(6)12)10(13)7(2)11(14)15/h3-5H,2H2,1H3,(H,14,15). The second-order valence-electron chi connectivity index (χ2n) is 3.08. The molecule has 0 heterocycles. The van der Waals surface area contributed by atoms with Crippen molar-refractivity contribution in [3.8, 4) is 0 Å². The Morgan fingerprint density at radius 3 is 2.47 bits per heavy atom. The summed E-state index contributed by atoms with van der Waals surface area (Å²) in [5.74, 6) is -1.91. The van der Waals surface area contributed by atoms with Gasteiger partial charge in [0.05, 0.1) is 0 Å². The topological polar surface area (TPSA) is 54.4 Å². The number of aryl methyl sites for hydroxylation is 1. The molecule has 4 heteroatoms. The van der Waals surface area contributed by atoms with Gasteiger partial charge in [0.15, 0.2) is 5.78 Å². The van der Waals surface area contributed by atoms with Crippen LogP contribution in [0, 0.1) is 6.92 Å². The van der Waals surface area contributed by atoms with Gasteiger partial charge < -0.3 is 5.11 Å². The van der Waals surface area contributed by atoms with Crippen molar-refractivity contribution < 1.29 is 14.7 Å². The van der Waals surface area contributed by atoms with Crippen LogP contribution in [0.4, 0.5) is 0 Å². The maximum absolute atomic E-state index is 11.5. The SMILES string of the molecule is C=C(C(=O)O)C(=O)c1ccc(Cl)c(C)c1. The molecule has 1 aromatic rings. The Hall–Kier alpha value is -1.61. The van der Waals surface area contributed by atoms with Gasteiger partial charge in [0.1, 0.15) is 5.57 Å². The van der Waals surface area contributed by atoms with Gasteiger partial charge in [-0.15, -0.1) is 0 Å². The molecule has 0 saturated carbocycles. The minimum Gasteiger partial charge on any atom is -0.478 e. The molecule has 0 amide bonds. The number of carbonyl (C=O) groups excluding carboxylic acids is 1. The highest BCUT2D eigenvalue weighted by Crippen LogP contribution is 2.18. The van der Waals surface area contributed by atoms with Gasteiger partial charge in [0.25, 0.3) is 0 Å². The summed E-state index contributed by atoms with van der Waals surface area (Å²) >= 11 is 5.78. The Labute approximate surface area is 92.0 Å². The summed E-state index contributed by atoms with van der Waals surface area (Å²) in [5, 5.41) is 9.13. The smallest absolute Gasteiger partial charge is 0.339 e. The van der Waals surface area contributed by atoms with Crippen LogP contribution in [0.3, 0.4) is 0 Å². The van der Waals surface area contributed by atoms with Crippen molar-refractivity contribution in [3.05, 3.63) is 46.5 Å². The summed E-state index contributed by atoms with van der Waals surface area (Å²) in [6.45, 7) is 4.94. The highest BCUT2D eigenvalue weighted by atomic mass is 35.5. The van der Waals surface area contributed by atoms with Crippen LogP contribution in [0.25, 0.3) is 0 Å². The van der Waals surface area contributed by atoms with Crippen LogP contribution in [-0.4, -0.2) is 16.9 Å². The number of hydrogen-bond acceptors (Lipinski definition) is 2. The molecule has 0 fully saturated rings. The van der Waals surface area contributed by atoms with Crippen LogP contribution >= 0.6 is 11.6 Å². The molecule has 0 unspecified atom stereocenters. The quantitative estimate of drug-likeness (QED) is 0.371. The number of rotatable bonds is 3. The Morgan fingerprint density at radius 1 is 1.40 bits per heavy atom. The largest absolute Gasteiger partial charge is 0.478 e. The molecule has 15 heavy (non-hydrogen) atoms. The molecule has 1 N–H and O–H groups in total. The summed E-state index contributed by atoms with van der Waals surface area (Å²) in [5.41, 5.74) is 0.557. The van der Waals surface area contributed by atoms with Gasteiger partial charge >= 0.3 is 5.97 Å². The number of carboxylic acid groups (broad SMARTS) is 1. The molecule has 0 aliphatic rings. The molecule has 0 aliphatic heterocycles. The van der Waals surface area contributed by atoms with E-state index in [1.165, 1.54) is 6.07 Å². The minimum absolute atomic E-state index is 0.282. The van der Waals surface area contributed by atoms with Gasteiger partial charge in [-0.2, -0.15) is 0 Å². The summed E-state index contributed by atoms with van der Waals surface area (Å²) < 4.78 is 0. The van der Waals surface area contributed by atoms with E-state index >= 15 is 0 Å². The monoisotopic (exact) mass is 224 g/mol. The highest BCUT2D eigenvalue weighted by molar-refractivity contribution is 6.31. The average Bonchev–Trinajstić information content (AvgIpc) is 2.19. The Bertz CT molecular complexity index is 449. The van der Waals surface area contributed by atoms with Crippen LogP contribution in [0.2, 0.25) is 5.02 Å². The van der Waals surface area contributed by atoms with Gasteiger partial charge in [-0.1, -0.05) is 18.2 Å². The molecule has 0 aromatic heterocycles. The fraction of sp³-hybridized carbons (Fsp3) is 0.0909. The Balaban J connectivity index is 3.08. The second kappa shape index (κ2) is 4.28. The van der Waals surface area contributed by atoms with Crippen molar-refractivity contribution in [2.75, 3.05) is 0 Å². The minimum atomic E-state index is -1.31. The molecule has 78 valence electrons. The van der Waals surface area contributed by atoms with E-state index in [0.717, 1.165) is 5.56 Å². The van der Waals surface area contributed by atoms with Gasteiger partial charge in [0, 0.05) is 10.6 Å². The molecule has 0 spiro atoms. The molecule has 1 rings (SSSR count). The molecule has 0 aliphatic carbocycles. The lowest BCUT2D eigenvalue weighted by molar-refractivity contribution is -0.132. The maximum atomic E-state index is 11.5. The lowest BCUT2D eigenvalue weighted by Crippen LogP contribution is -2.11. The van der Waals surface area contributed by atoms with Gasteiger partial charge in [-0.25, -0.2) is 4.79 Å². The molecule has 0 bridgehead atoms. The lowest BCUT2D eigenvalue weighted by Gasteiger charge is -2.02. The number of benzene rings is 1. The highest BCUT2D eigenvalue weighted by Gasteiger charge is 2.16. The van der Waals surface area contributed by atoms with E-state index in [2.05, 4.69) is 6.58 Å². The van der Waals surface area contributed by atoms with E-state index < -0.39 is 17.3 Å². The third-order valence-corrected chi connectivity index (χ3v) is 2.38. The number of halogens is 1. The van der Waals surface area contributed by atoms with Crippen LogP contribution in [0.15, 0.2) is 30.4 Å². The van der Waals surface area contributed by atoms with E-state index in [1.54, 1.807) is 19.1 Å². The van der Waals surface area contributed by atoms with E-state index in [1.807, 2.05) is 0 Å².